The van der Waals surface area contributed by atoms with E-state index in [2.05, 4.69) is 18.7 Å². The molecule has 1 saturated heterocycles. The number of piperidine rings is 1. The predicted octanol–water partition coefficient (Wildman–Crippen LogP) is 1.55. The maximum atomic E-state index is 12.2. The summed E-state index contributed by atoms with van der Waals surface area (Å²) in [5.41, 5.74) is 5.82. The molecule has 0 saturated carbocycles. The summed E-state index contributed by atoms with van der Waals surface area (Å²) in [6.45, 7) is 13.5. The Morgan fingerprint density at radius 3 is 2.21 bits per heavy atom. The summed E-state index contributed by atoms with van der Waals surface area (Å²) in [4.78, 5) is 16.7. The molecule has 19 heavy (non-hydrogen) atoms. The van der Waals surface area contributed by atoms with Crippen molar-refractivity contribution in [1.82, 2.24) is 9.80 Å². The molecule has 1 aliphatic rings. The monoisotopic (exact) mass is 269 g/mol. The summed E-state index contributed by atoms with van der Waals surface area (Å²) in [6.07, 6.45) is 2.27. The van der Waals surface area contributed by atoms with E-state index in [9.17, 15) is 4.79 Å². The Balaban J connectivity index is 2.38. The largest absolute Gasteiger partial charge is 0.342 e. The highest BCUT2D eigenvalue weighted by Gasteiger charge is 2.27. The fourth-order valence-corrected chi connectivity index (χ4v) is 2.70. The molecule has 2 atom stereocenters. The minimum absolute atomic E-state index is 0.0547. The zero-order valence-electron chi connectivity index (χ0n) is 13.1. The minimum Gasteiger partial charge on any atom is -0.342 e. The Morgan fingerprint density at radius 1 is 1.26 bits per heavy atom. The molecule has 0 spiro atoms. The second-order valence-corrected chi connectivity index (χ2v) is 5.90. The number of hydrogen-bond donors (Lipinski definition) is 1. The summed E-state index contributed by atoms with van der Waals surface area (Å²) in [5.74, 6) is 0.921. The maximum Gasteiger partial charge on any atom is 0.226 e. The number of nitrogens with two attached hydrogens (primary N) is 1. The first-order valence-electron chi connectivity index (χ1n) is 7.76. The normalized spacial score (nSPS) is 20.6. The van der Waals surface area contributed by atoms with Gasteiger partial charge in [-0.15, -0.1) is 0 Å². The third kappa shape index (κ3) is 4.77. The molecule has 0 radical (unpaired) electrons. The van der Waals surface area contributed by atoms with Crippen molar-refractivity contribution in [3.05, 3.63) is 0 Å². The van der Waals surface area contributed by atoms with Crippen LogP contribution in [-0.4, -0.2) is 54.5 Å². The summed E-state index contributed by atoms with van der Waals surface area (Å²) in [6, 6.07) is -0.0547. The number of likely N-dealkylation sites (tertiary alicyclic amines) is 1. The van der Waals surface area contributed by atoms with Crippen molar-refractivity contribution in [2.45, 2.75) is 46.6 Å². The Kier molecular flexibility index (Phi) is 6.80. The molecule has 112 valence electrons. The topological polar surface area (TPSA) is 49.6 Å². The highest BCUT2D eigenvalue weighted by Crippen LogP contribution is 2.20. The average Bonchev–Trinajstić information content (AvgIpc) is 2.43. The molecule has 2 unspecified atom stereocenters. The van der Waals surface area contributed by atoms with E-state index < -0.39 is 0 Å². The van der Waals surface area contributed by atoms with E-state index in [1.807, 2.05) is 18.7 Å². The lowest BCUT2D eigenvalue weighted by molar-refractivity contribution is -0.137. The molecule has 0 aromatic rings. The van der Waals surface area contributed by atoms with Crippen molar-refractivity contribution in [1.29, 1.82) is 0 Å². The number of carbonyl (C=O) groups excluding carboxylic acids is 1. The van der Waals surface area contributed by atoms with Gasteiger partial charge in [0.2, 0.25) is 5.91 Å². The molecule has 1 rings (SSSR count). The van der Waals surface area contributed by atoms with Crippen molar-refractivity contribution in [2.75, 3.05) is 32.7 Å². The summed E-state index contributed by atoms with van der Waals surface area (Å²) < 4.78 is 0. The molecular formula is C15H31N3O. The van der Waals surface area contributed by atoms with Crippen LogP contribution in [-0.2, 0) is 4.79 Å². The highest BCUT2D eigenvalue weighted by molar-refractivity contribution is 5.79. The van der Waals surface area contributed by atoms with Gasteiger partial charge in [0, 0.05) is 25.7 Å². The molecule has 2 N–H and O–H groups in total. The molecule has 1 amide bonds. The lowest BCUT2D eigenvalue weighted by Gasteiger charge is -2.36. The zero-order valence-corrected chi connectivity index (χ0v) is 13.1. The third-order valence-electron chi connectivity index (χ3n) is 4.52. The average molecular weight is 269 g/mol. The van der Waals surface area contributed by atoms with Gasteiger partial charge < -0.3 is 15.5 Å². The highest BCUT2D eigenvalue weighted by atomic mass is 16.2. The van der Waals surface area contributed by atoms with Gasteiger partial charge in [-0.25, -0.2) is 0 Å². The van der Waals surface area contributed by atoms with Crippen molar-refractivity contribution >= 4 is 5.91 Å². The van der Waals surface area contributed by atoms with Crippen LogP contribution >= 0.6 is 0 Å². The third-order valence-corrected chi connectivity index (χ3v) is 4.52. The first-order valence-corrected chi connectivity index (χ1v) is 7.76. The molecule has 4 nitrogen and oxygen atoms in total. The van der Waals surface area contributed by atoms with Gasteiger partial charge in [0.05, 0.1) is 5.92 Å². The van der Waals surface area contributed by atoms with E-state index in [0.29, 0.717) is 0 Å². The molecule has 0 bridgehead atoms. The number of carbonyl (C=O) groups is 1. The summed E-state index contributed by atoms with van der Waals surface area (Å²) in [7, 11) is 0. The minimum atomic E-state index is -0.0562. The SMILES string of the molecule is CCN(CC)CC1CCN(C(=O)C(C)C(C)N)CC1. The molecule has 4 heteroatoms. The predicted molar refractivity (Wildman–Crippen MR) is 79.9 cm³/mol. The van der Waals surface area contributed by atoms with Crippen LogP contribution in [0.5, 0.6) is 0 Å². The molecule has 0 aliphatic carbocycles. The van der Waals surface area contributed by atoms with Crippen LogP contribution in [0.25, 0.3) is 0 Å². The van der Waals surface area contributed by atoms with Crippen LogP contribution in [0, 0.1) is 11.8 Å². The van der Waals surface area contributed by atoms with Gasteiger partial charge in [-0.1, -0.05) is 20.8 Å². The van der Waals surface area contributed by atoms with E-state index in [4.69, 9.17) is 5.73 Å². The van der Waals surface area contributed by atoms with Gasteiger partial charge >= 0.3 is 0 Å². The van der Waals surface area contributed by atoms with Gasteiger partial charge in [0.1, 0.15) is 0 Å². The van der Waals surface area contributed by atoms with Crippen molar-refractivity contribution in [3.63, 3.8) is 0 Å². The molecular weight excluding hydrogens is 238 g/mol. The van der Waals surface area contributed by atoms with Crippen molar-refractivity contribution < 1.29 is 4.79 Å². The number of nitrogens with zero attached hydrogens (tertiary/aromatic N) is 2. The Labute approximate surface area is 118 Å². The van der Waals surface area contributed by atoms with E-state index >= 15 is 0 Å². The van der Waals surface area contributed by atoms with Gasteiger partial charge in [-0.2, -0.15) is 0 Å². The second kappa shape index (κ2) is 7.85. The van der Waals surface area contributed by atoms with E-state index in [1.165, 1.54) is 6.54 Å². The number of amides is 1. The number of rotatable bonds is 6. The van der Waals surface area contributed by atoms with Gasteiger partial charge in [-0.3, -0.25) is 4.79 Å². The molecule has 0 aromatic heterocycles. The van der Waals surface area contributed by atoms with Gasteiger partial charge in [0.15, 0.2) is 0 Å². The lowest BCUT2D eigenvalue weighted by Crippen LogP contribution is -2.46. The Morgan fingerprint density at radius 2 is 1.79 bits per heavy atom. The first-order chi connectivity index (χ1) is 8.99. The molecule has 0 aromatic carbocycles. The second-order valence-electron chi connectivity index (χ2n) is 5.90. The fraction of sp³-hybridized carbons (Fsp3) is 0.933. The van der Waals surface area contributed by atoms with Crippen LogP contribution in [0.2, 0.25) is 0 Å². The van der Waals surface area contributed by atoms with Crippen LogP contribution in [0.3, 0.4) is 0 Å². The van der Waals surface area contributed by atoms with Crippen LogP contribution < -0.4 is 5.73 Å². The van der Waals surface area contributed by atoms with Gasteiger partial charge in [0.25, 0.3) is 0 Å². The standard InChI is InChI=1S/C15H31N3O/c1-5-17(6-2)11-14-7-9-18(10-8-14)15(19)12(3)13(4)16/h12-14H,5-11,16H2,1-4H3. The molecule has 1 aliphatic heterocycles. The fourth-order valence-electron chi connectivity index (χ4n) is 2.70. The van der Waals surface area contributed by atoms with Crippen molar-refractivity contribution in [2.24, 2.45) is 17.6 Å². The Bertz CT molecular complexity index is 269. The van der Waals surface area contributed by atoms with Crippen LogP contribution in [0.15, 0.2) is 0 Å². The quantitative estimate of drug-likeness (QED) is 0.796. The van der Waals surface area contributed by atoms with E-state index in [1.54, 1.807) is 0 Å². The maximum absolute atomic E-state index is 12.2. The zero-order chi connectivity index (χ0) is 14.4. The Hall–Kier alpha value is -0.610. The number of hydrogen-bond acceptors (Lipinski definition) is 3. The first kappa shape index (κ1) is 16.4. The van der Waals surface area contributed by atoms with Crippen LogP contribution in [0.1, 0.15) is 40.5 Å². The van der Waals surface area contributed by atoms with Crippen molar-refractivity contribution in [3.8, 4) is 0 Å². The van der Waals surface area contributed by atoms with E-state index in [-0.39, 0.29) is 17.9 Å². The lowest BCUT2D eigenvalue weighted by atomic mass is 9.94. The van der Waals surface area contributed by atoms with Crippen LogP contribution in [0.4, 0.5) is 0 Å². The molecule has 1 fully saturated rings. The molecule has 1 heterocycles. The summed E-state index contributed by atoms with van der Waals surface area (Å²) in [5, 5.41) is 0. The van der Waals surface area contributed by atoms with E-state index in [0.717, 1.165) is 44.9 Å². The summed E-state index contributed by atoms with van der Waals surface area (Å²) >= 11 is 0. The smallest absolute Gasteiger partial charge is 0.226 e. The van der Waals surface area contributed by atoms with Gasteiger partial charge in [-0.05, 0) is 38.8 Å².